The summed E-state index contributed by atoms with van der Waals surface area (Å²) in [4.78, 5) is 15.1. The second kappa shape index (κ2) is 12.9. The Kier molecular flexibility index (Phi) is 10.9. The van der Waals surface area contributed by atoms with Crippen LogP contribution >= 0.6 is 24.0 Å². The lowest BCUT2D eigenvalue weighted by atomic mass is 10.2. The van der Waals surface area contributed by atoms with Crippen LogP contribution in [0.5, 0.6) is 11.5 Å². The number of aryl methyl sites for hydroxylation is 1. The highest BCUT2D eigenvalue weighted by atomic mass is 127. The van der Waals surface area contributed by atoms with Crippen LogP contribution in [-0.2, 0) is 11.3 Å². The maximum atomic E-state index is 10.8. The van der Waals surface area contributed by atoms with Crippen LogP contribution in [0.2, 0.25) is 0 Å². The van der Waals surface area contributed by atoms with E-state index >= 15 is 0 Å². The van der Waals surface area contributed by atoms with Gasteiger partial charge in [0, 0.05) is 13.6 Å². The van der Waals surface area contributed by atoms with Crippen LogP contribution in [0.3, 0.4) is 0 Å². The fraction of sp³-hybridized carbons (Fsp3) is 0.333. The van der Waals surface area contributed by atoms with Crippen LogP contribution in [-0.4, -0.2) is 38.2 Å². The Morgan fingerprint density at radius 1 is 1.17 bits per heavy atom. The van der Waals surface area contributed by atoms with Crippen molar-refractivity contribution in [3.8, 4) is 11.5 Å². The molecule has 2 rings (SSSR count). The van der Waals surface area contributed by atoms with Crippen LogP contribution < -0.4 is 25.8 Å². The van der Waals surface area contributed by atoms with E-state index in [9.17, 15) is 4.79 Å². The first-order valence-electron chi connectivity index (χ1n) is 9.14. The molecule has 0 bridgehead atoms. The zero-order chi connectivity index (χ0) is 20.4. The number of ether oxygens (including phenoxy) is 2. The fourth-order valence-corrected chi connectivity index (χ4v) is 2.49. The van der Waals surface area contributed by atoms with Gasteiger partial charge in [0.2, 0.25) is 0 Å². The maximum absolute atomic E-state index is 10.8. The van der Waals surface area contributed by atoms with E-state index in [-0.39, 0.29) is 36.7 Å². The summed E-state index contributed by atoms with van der Waals surface area (Å²) in [5.41, 5.74) is 7.20. The Labute approximate surface area is 189 Å². The molecule has 0 heterocycles. The van der Waals surface area contributed by atoms with Gasteiger partial charge in [-0.2, -0.15) is 0 Å². The molecular formula is C21H29IN4O3. The third kappa shape index (κ3) is 9.03. The number of guanidine groups is 1. The highest BCUT2D eigenvalue weighted by Crippen LogP contribution is 2.17. The number of halogens is 1. The Balaban J connectivity index is 0.00000420. The average Bonchev–Trinajstić information content (AvgIpc) is 2.68. The number of rotatable bonds is 9. The van der Waals surface area contributed by atoms with Crippen molar-refractivity contribution in [1.82, 2.24) is 10.6 Å². The summed E-state index contributed by atoms with van der Waals surface area (Å²) in [5.74, 6) is 1.65. The topological polar surface area (TPSA) is 98.0 Å². The molecule has 4 N–H and O–H groups in total. The zero-order valence-electron chi connectivity index (χ0n) is 17.0. The molecule has 8 heteroatoms. The number of para-hydroxylation sites is 1. The van der Waals surface area contributed by atoms with E-state index in [1.807, 2.05) is 56.3 Å². The maximum Gasteiger partial charge on any atom is 0.255 e. The van der Waals surface area contributed by atoms with Crippen LogP contribution in [0.25, 0.3) is 0 Å². The molecule has 1 unspecified atom stereocenters. The molecule has 0 radical (unpaired) electrons. The minimum Gasteiger partial charge on any atom is -0.489 e. The first-order valence-corrected chi connectivity index (χ1v) is 9.14. The lowest BCUT2D eigenvalue weighted by Gasteiger charge is -2.19. The quantitative estimate of drug-likeness (QED) is 0.273. The van der Waals surface area contributed by atoms with Gasteiger partial charge in [-0.25, -0.2) is 0 Å². The van der Waals surface area contributed by atoms with Gasteiger partial charge in [0.05, 0.1) is 6.54 Å². The van der Waals surface area contributed by atoms with Gasteiger partial charge < -0.3 is 25.8 Å². The average molecular weight is 512 g/mol. The van der Waals surface area contributed by atoms with Gasteiger partial charge in [0.1, 0.15) is 17.6 Å². The second-order valence-electron chi connectivity index (χ2n) is 6.40. The molecule has 2 aromatic carbocycles. The number of nitrogens with one attached hydrogen (secondary N) is 2. The molecule has 158 valence electrons. The molecule has 7 nitrogen and oxygen atoms in total. The van der Waals surface area contributed by atoms with E-state index in [0.29, 0.717) is 24.8 Å². The predicted octanol–water partition coefficient (Wildman–Crippen LogP) is 2.61. The van der Waals surface area contributed by atoms with Crippen molar-refractivity contribution in [2.75, 3.05) is 20.2 Å². The molecule has 0 spiro atoms. The third-order valence-corrected chi connectivity index (χ3v) is 3.94. The SMILES string of the molecule is CN=C(NCc1cccc(OCC(N)=O)c1)NCC(C)Oc1ccccc1C.I. The number of hydrogen-bond acceptors (Lipinski definition) is 4. The van der Waals surface area contributed by atoms with E-state index in [1.54, 1.807) is 13.1 Å². The molecule has 0 saturated carbocycles. The molecule has 1 atom stereocenters. The smallest absolute Gasteiger partial charge is 0.255 e. The second-order valence-corrected chi connectivity index (χ2v) is 6.40. The molecule has 0 fully saturated rings. The lowest BCUT2D eigenvalue weighted by molar-refractivity contribution is -0.119. The number of nitrogens with two attached hydrogens (primary N) is 1. The monoisotopic (exact) mass is 512 g/mol. The van der Waals surface area contributed by atoms with E-state index < -0.39 is 5.91 Å². The Hall–Kier alpha value is -2.49. The van der Waals surface area contributed by atoms with Gasteiger partial charge in [-0.3, -0.25) is 9.79 Å². The van der Waals surface area contributed by atoms with Gasteiger partial charge in [0.25, 0.3) is 5.91 Å². The van der Waals surface area contributed by atoms with Crippen molar-refractivity contribution in [2.24, 2.45) is 10.7 Å². The highest BCUT2D eigenvalue weighted by molar-refractivity contribution is 14.0. The number of aliphatic imine (C=N–C) groups is 1. The predicted molar refractivity (Wildman–Crippen MR) is 126 cm³/mol. The van der Waals surface area contributed by atoms with Crippen molar-refractivity contribution in [3.63, 3.8) is 0 Å². The van der Waals surface area contributed by atoms with Gasteiger partial charge in [0.15, 0.2) is 12.6 Å². The molecule has 0 aromatic heterocycles. The summed E-state index contributed by atoms with van der Waals surface area (Å²) in [5, 5.41) is 6.50. The Morgan fingerprint density at radius 3 is 2.62 bits per heavy atom. The van der Waals surface area contributed by atoms with Crippen molar-refractivity contribution in [2.45, 2.75) is 26.5 Å². The summed E-state index contributed by atoms with van der Waals surface area (Å²) >= 11 is 0. The summed E-state index contributed by atoms with van der Waals surface area (Å²) in [6.45, 7) is 5.05. The number of carbonyl (C=O) groups excluding carboxylic acids is 1. The van der Waals surface area contributed by atoms with Crippen LogP contribution in [0.4, 0.5) is 0 Å². The van der Waals surface area contributed by atoms with Crippen molar-refractivity contribution < 1.29 is 14.3 Å². The standard InChI is InChI=1S/C21H28N4O3.HI/c1-15-7-4-5-10-19(15)28-16(2)12-24-21(23-3)25-13-17-8-6-9-18(11-17)27-14-20(22)26;/h4-11,16H,12-14H2,1-3H3,(H2,22,26)(H2,23,24,25);1H. The van der Waals surface area contributed by atoms with Crippen LogP contribution in [0, 0.1) is 6.92 Å². The van der Waals surface area contributed by atoms with Crippen molar-refractivity contribution >= 4 is 35.8 Å². The number of amides is 1. The Bertz CT molecular complexity index is 814. The summed E-state index contributed by atoms with van der Waals surface area (Å²) in [6, 6.07) is 15.4. The van der Waals surface area contributed by atoms with Crippen LogP contribution in [0.15, 0.2) is 53.5 Å². The highest BCUT2D eigenvalue weighted by Gasteiger charge is 2.07. The van der Waals surface area contributed by atoms with Gasteiger partial charge in [-0.15, -0.1) is 24.0 Å². The Morgan fingerprint density at radius 2 is 1.93 bits per heavy atom. The number of primary amides is 1. The molecule has 0 aliphatic rings. The van der Waals surface area contributed by atoms with Crippen molar-refractivity contribution in [1.29, 1.82) is 0 Å². The minimum absolute atomic E-state index is 0. The zero-order valence-corrected chi connectivity index (χ0v) is 19.3. The normalized spacial score (nSPS) is 11.8. The largest absolute Gasteiger partial charge is 0.489 e. The van der Waals surface area contributed by atoms with E-state index in [2.05, 4.69) is 15.6 Å². The molecule has 2 aromatic rings. The number of benzene rings is 2. The van der Waals surface area contributed by atoms with Crippen molar-refractivity contribution in [3.05, 3.63) is 59.7 Å². The molecule has 29 heavy (non-hydrogen) atoms. The first-order chi connectivity index (χ1) is 13.5. The number of nitrogens with zero attached hydrogens (tertiary/aromatic N) is 1. The molecule has 0 aliphatic carbocycles. The molecular weight excluding hydrogens is 483 g/mol. The molecule has 0 saturated heterocycles. The number of hydrogen-bond donors (Lipinski definition) is 3. The van der Waals surface area contributed by atoms with E-state index in [1.165, 1.54) is 0 Å². The fourth-order valence-electron chi connectivity index (χ4n) is 2.49. The number of carbonyl (C=O) groups is 1. The van der Waals surface area contributed by atoms with Gasteiger partial charge in [-0.05, 0) is 43.2 Å². The summed E-state index contributed by atoms with van der Waals surface area (Å²) in [7, 11) is 1.72. The summed E-state index contributed by atoms with van der Waals surface area (Å²) < 4.78 is 11.3. The summed E-state index contributed by atoms with van der Waals surface area (Å²) in [6.07, 6.45) is -0.0230. The van der Waals surface area contributed by atoms with Crippen LogP contribution in [0.1, 0.15) is 18.1 Å². The van der Waals surface area contributed by atoms with Gasteiger partial charge >= 0.3 is 0 Å². The first kappa shape index (κ1) is 24.5. The minimum atomic E-state index is -0.504. The van der Waals surface area contributed by atoms with E-state index in [4.69, 9.17) is 15.2 Å². The molecule has 1 amide bonds. The van der Waals surface area contributed by atoms with E-state index in [0.717, 1.165) is 16.9 Å². The van der Waals surface area contributed by atoms with Gasteiger partial charge in [-0.1, -0.05) is 30.3 Å². The lowest BCUT2D eigenvalue weighted by Crippen LogP contribution is -2.41. The third-order valence-electron chi connectivity index (χ3n) is 3.94. The molecule has 0 aliphatic heterocycles.